The Morgan fingerprint density at radius 2 is 2.16 bits per heavy atom. The first-order valence-corrected chi connectivity index (χ1v) is 6.78. The van der Waals surface area contributed by atoms with E-state index in [1.165, 1.54) is 25.0 Å². The summed E-state index contributed by atoms with van der Waals surface area (Å²) in [5.74, 6) is -0.292. The number of hydrogen-bond donors (Lipinski definition) is 1. The van der Waals surface area contributed by atoms with E-state index in [9.17, 15) is 4.39 Å². The van der Waals surface area contributed by atoms with Crippen LogP contribution in [0.25, 0.3) is 0 Å². The first-order chi connectivity index (χ1) is 9.24. The standard InChI is InChI=1S/C15H19FN2O/c16-14-4-3-12(10-17)13(9-14)11-18(15-5-6-15)7-1-2-8-19/h3-4,9,15,19H,1-2,5-8,11H2. The molecule has 0 amide bonds. The van der Waals surface area contributed by atoms with Gasteiger partial charge in [-0.1, -0.05) is 0 Å². The van der Waals surface area contributed by atoms with Crippen molar-refractivity contribution in [2.75, 3.05) is 13.2 Å². The van der Waals surface area contributed by atoms with Gasteiger partial charge in [0.05, 0.1) is 11.6 Å². The highest BCUT2D eigenvalue weighted by Gasteiger charge is 2.28. The van der Waals surface area contributed by atoms with Gasteiger partial charge in [0.15, 0.2) is 0 Å². The number of aliphatic hydroxyl groups excluding tert-OH is 1. The van der Waals surface area contributed by atoms with Crippen molar-refractivity contribution in [2.45, 2.75) is 38.3 Å². The maximum Gasteiger partial charge on any atom is 0.123 e. The molecule has 0 radical (unpaired) electrons. The third-order valence-corrected chi connectivity index (χ3v) is 3.48. The summed E-state index contributed by atoms with van der Waals surface area (Å²) in [6, 6.07) is 7.02. The summed E-state index contributed by atoms with van der Waals surface area (Å²) in [7, 11) is 0. The molecule has 0 atom stereocenters. The summed E-state index contributed by atoms with van der Waals surface area (Å²) in [4.78, 5) is 2.30. The number of halogens is 1. The largest absolute Gasteiger partial charge is 0.396 e. The first-order valence-electron chi connectivity index (χ1n) is 6.78. The zero-order valence-electron chi connectivity index (χ0n) is 11.0. The molecule has 2 rings (SSSR count). The summed E-state index contributed by atoms with van der Waals surface area (Å²) in [5, 5.41) is 17.9. The van der Waals surface area contributed by atoms with Crippen LogP contribution in [0.2, 0.25) is 0 Å². The van der Waals surface area contributed by atoms with Crippen molar-refractivity contribution >= 4 is 0 Å². The van der Waals surface area contributed by atoms with Crippen molar-refractivity contribution in [3.63, 3.8) is 0 Å². The van der Waals surface area contributed by atoms with Crippen molar-refractivity contribution in [3.05, 3.63) is 35.1 Å². The predicted molar refractivity (Wildman–Crippen MR) is 70.9 cm³/mol. The molecule has 0 bridgehead atoms. The average molecular weight is 262 g/mol. The SMILES string of the molecule is N#Cc1ccc(F)cc1CN(CCCCO)C1CC1. The highest BCUT2D eigenvalue weighted by Crippen LogP contribution is 2.29. The maximum atomic E-state index is 13.3. The van der Waals surface area contributed by atoms with Crippen LogP contribution in [0.1, 0.15) is 36.8 Å². The molecule has 0 unspecified atom stereocenters. The topological polar surface area (TPSA) is 47.3 Å². The molecule has 19 heavy (non-hydrogen) atoms. The molecular formula is C15H19FN2O. The number of hydrogen-bond acceptors (Lipinski definition) is 3. The number of aliphatic hydroxyl groups is 1. The zero-order chi connectivity index (χ0) is 13.7. The molecule has 1 aromatic carbocycles. The van der Waals surface area contributed by atoms with E-state index in [0.29, 0.717) is 18.2 Å². The number of nitrogens with zero attached hydrogens (tertiary/aromatic N) is 2. The van der Waals surface area contributed by atoms with E-state index >= 15 is 0 Å². The van der Waals surface area contributed by atoms with Crippen LogP contribution >= 0.6 is 0 Å². The van der Waals surface area contributed by atoms with E-state index in [4.69, 9.17) is 10.4 Å². The van der Waals surface area contributed by atoms with Crippen LogP contribution in [0.3, 0.4) is 0 Å². The Morgan fingerprint density at radius 1 is 1.37 bits per heavy atom. The van der Waals surface area contributed by atoms with Gasteiger partial charge in [0.25, 0.3) is 0 Å². The first kappa shape index (κ1) is 14.0. The van der Waals surface area contributed by atoms with E-state index in [1.54, 1.807) is 6.07 Å². The molecule has 1 aliphatic rings. The normalized spacial score (nSPS) is 14.6. The smallest absolute Gasteiger partial charge is 0.123 e. The van der Waals surface area contributed by atoms with Gasteiger partial charge in [0.1, 0.15) is 5.82 Å². The fourth-order valence-electron chi connectivity index (χ4n) is 2.28. The minimum Gasteiger partial charge on any atom is -0.396 e. The van der Waals surface area contributed by atoms with Crippen molar-refractivity contribution in [1.82, 2.24) is 4.90 Å². The molecule has 1 aliphatic carbocycles. The van der Waals surface area contributed by atoms with Crippen molar-refractivity contribution in [3.8, 4) is 6.07 Å². The molecule has 0 aromatic heterocycles. The Morgan fingerprint density at radius 3 is 2.79 bits per heavy atom. The predicted octanol–water partition coefficient (Wildman–Crippen LogP) is 2.43. The van der Waals surface area contributed by atoms with Gasteiger partial charge in [0.2, 0.25) is 0 Å². The second-order valence-electron chi connectivity index (χ2n) is 5.05. The Labute approximate surface area is 113 Å². The number of unbranched alkanes of at least 4 members (excludes halogenated alkanes) is 1. The average Bonchev–Trinajstić information content (AvgIpc) is 3.22. The molecule has 0 aliphatic heterocycles. The molecular weight excluding hydrogens is 243 g/mol. The van der Waals surface area contributed by atoms with Gasteiger partial charge in [0, 0.05) is 19.2 Å². The molecule has 1 fully saturated rings. The van der Waals surface area contributed by atoms with Gasteiger partial charge in [-0.15, -0.1) is 0 Å². The Bertz CT molecular complexity index is 466. The maximum absolute atomic E-state index is 13.3. The van der Waals surface area contributed by atoms with Gasteiger partial charge >= 0.3 is 0 Å². The monoisotopic (exact) mass is 262 g/mol. The van der Waals surface area contributed by atoms with E-state index in [-0.39, 0.29) is 12.4 Å². The summed E-state index contributed by atoms with van der Waals surface area (Å²) in [5.41, 5.74) is 1.31. The summed E-state index contributed by atoms with van der Waals surface area (Å²) >= 11 is 0. The van der Waals surface area contributed by atoms with Gasteiger partial charge in [-0.25, -0.2) is 4.39 Å². The fourth-order valence-corrected chi connectivity index (χ4v) is 2.28. The van der Waals surface area contributed by atoms with Crippen LogP contribution in [-0.2, 0) is 6.54 Å². The van der Waals surface area contributed by atoms with Gasteiger partial charge in [-0.05, 0) is 56.0 Å². The van der Waals surface area contributed by atoms with Gasteiger partial charge in [-0.3, -0.25) is 4.90 Å². The van der Waals surface area contributed by atoms with Crippen molar-refractivity contribution in [2.24, 2.45) is 0 Å². The van der Waals surface area contributed by atoms with Crippen LogP contribution in [-0.4, -0.2) is 29.2 Å². The lowest BCUT2D eigenvalue weighted by molar-refractivity contribution is 0.228. The van der Waals surface area contributed by atoms with E-state index in [0.717, 1.165) is 24.9 Å². The van der Waals surface area contributed by atoms with Gasteiger partial charge < -0.3 is 5.11 Å². The third kappa shape index (κ3) is 4.02. The van der Waals surface area contributed by atoms with Crippen molar-refractivity contribution in [1.29, 1.82) is 5.26 Å². The second-order valence-corrected chi connectivity index (χ2v) is 5.05. The molecule has 0 heterocycles. The molecule has 3 nitrogen and oxygen atoms in total. The third-order valence-electron chi connectivity index (χ3n) is 3.48. The highest BCUT2D eigenvalue weighted by molar-refractivity contribution is 5.37. The molecule has 1 saturated carbocycles. The lowest BCUT2D eigenvalue weighted by atomic mass is 10.1. The number of benzene rings is 1. The fraction of sp³-hybridized carbons (Fsp3) is 0.533. The van der Waals surface area contributed by atoms with Crippen LogP contribution in [0.4, 0.5) is 4.39 Å². The molecule has 4 heteroatoms. The summed E-state index contributed by atoms with van der Waals surface area (Å²) < 4.78 is 13.3. The molecule has 0 saturated heterocycles. The van der Waals surface area contributed by atoms with Crippen LogP contribution < -0.4 is 0 Å². The van der Waals surface area contributed by atoms with E-state index < -0.39 is 0 Å². The quantitative estimate of drug-likeness (QED) is 0.768. The zero-order valence-corrected chi connectivity index (χ0v) is 11.0. The lowest BCUT2D eigenvalue weighted by Crippen LogP contribution is -2.27. The Kier molecular flexibility index (Phi) is 4.89. The summed E-state index contributed by atoms with van der Waals surface area (Å²) in [6.07, 6.45) is 4.08. The van der Waals surface area contributed by atoms with Crippen LogP contribution in [0, 0.1) is 17.1 Å². The van der Waals surface area contributed by atoms with E-state index in [1.807, 2.05) is 0 Å². The van der Waals surface area contributed by atoms with Crippen LogP contribution in [0.5, 0.6) is 0 Å². The second kappa shape index (κ2) is 6.65. The van der Waals surface area contributed by atoms with Crippen LogP contribution in [0.15, 0.2) is 18.2 Å². The number of nitriles is 1. The Balaban J connectivity index is 2.04. The molecule has 1 N–H and O–H groups in total. The lowest BCUT2D eigenvalue weighted by Gasteiger charge is -2.22. The Hall–Kier alpha value is -1.44. The highest BCUT2D eigenvalue weighted by atomic mass is 19.1. The summed E-state index contributed by atoms with van der Waals surface area (Å²) in [6.45, 7) is 1.73. The van der Waals surface area contributed by atoms with Gasteiger partial charge in [-0.2, -0.15) is 5.26 Å². The van der Waals surface area contributed by atoms with Crippen molar-refractivity contribution < 1.29 is 9.50 Å². The minimum absolute atomic E-state index is 0.210. The molecule has 0 spiro atoms. The molecule has 1 aromatic rings. The van der Waals surface area contributed by atoms with E-state index in [2.05, 4.69) is 11.0 Å². The minimum atomic E-state index is -0.292. The molecule has 102 valence electrons. The number of rotatable bonds is 7.